The Labute approximate surface area is 101 Å². The summed E-state index contributed by atoms with van der Waals surface area (Å²) in [6, 6.07) is 0. The average molecular weight is 237 g/mol. The number of ether oxygens (including phenoxy) is 2. The van der Waals surface area contributed by atoms with E-state index in [1.807, 2.05) is 18.7 Å². The molecule has 0 amide bonds. The van der Waals surface area contributed by atoms with Gasteiger partial charge in [0.1, 0.15) is 5.60 Å². The minimum atomic E-state index is -0.0955. The van der Waals surface area contributed by atoms with Gasteiger partial charge in [0.05, 0.1) is 26.1 Å². The van der Waals surface area contributed by atoms with E-state index in [2.05, 4.69) is 14.9 Å². The Kier molecular flexibility index (Phi) is 3.13. The molecule has 2 fully saturated rings. The fraction of sp³-hybridized carbons (Fsp3) is 0.750. The molecule has 2 atom stereocenters. The second-order valence-corrected chi connectivity index (χ2v) is 5.05. The summed E-state index contributed by atoms with van der Waals surface area (Å²) in [6.45, 7) is 5.16. The molecule has 0 saturated carbocycles. The summed E-state index contributed by atoms with van der Waals surface area (Å²) in [4.78, 5) is 4.07. The van der Waals surface area contributed by atoms with Gasteiger partial charge in [-0.15, -0.1) is 0 Å². The molecule has 3 rings (SSSR count). The van der Waals surface area contributed by atoms with Gasteiger partial charge in [-0.3, -0.25) is 0 Å². The Bertz CT molecular complexity index is 345. The molecule has 2 saturated heterocycles. The van der Waals surface area contributed by atoms with Gasteiger partial charge in [0, 0.05) is 37.9 Å². The fourth-order valence-electron chi connectivity index (χ4n) is 2.74. The lowest BCUT2D eigenvalue weighted by Crippen LogP contribution is -2.41. The summed E-state index contributed by atoms with van der Waals surface area (Å²) < 4.78 is 13.7. The topological polar surface area (TPSA) is 48.3 Å². The van der Waals surface area contributed by atoms with E-state index < -0.39 is 0 Å². The maximum absolute atomic E-state index is 6.00. The Morgan fingerprint density at radius 2 is 2.53 bits per heavy atom. The van der Waals surface area contributed by atoms with Crippen molar-refractivity contribution in [2.75, 3.05) is 32.9 Å². The monoisotopic (exact) mass is 237 g/mol. The third kappa shape index (κ3) is 2.51. The molecule has 1 aromatic rings. The number of rotatable bonds is 2. The molecule has 2 aliphatic heterocycles. The highest BCUT2D eigenvalue weighted by molar-refractivity contribution is 4.93. The average Bonchev–Trinajstić information content (AvgIpc) is 2.89. The van der Waals surface area contributed by atoms with Crippen LogP contribution < -0.4 is 5.32 Å². The smallest absolute Gasteiger partial charge is 0.104 e. The van der Waals surface area contributed by atoms with Crippen molar-refractivity contribution >= 4 is 0 Å². The number of hydrogen-bond acceptors (Lipinski definition) is 4. The first-order valence-electron chi connectivity index (χ1n) is 6.25. The SMILES string of the molecule is c1cn(C[C@H]2CO[C@@]3(CNCCOC3)C2)cn1. The van der Waals surface area contributed by atoms with Gasteiger partial charge >= 0.3 is 0 Å². The van der Waals surface area contributed by atoms with Gasteiger partial charge in [-0.25, -0.2) is 4.98 Å². The molecular formula is C12H19N3O2. The molecule has 2 aliphatic rings. The van der Waals surface area contributed by atoms with Crippen molar-refractivity contribution in [2.45, 2.75) is 18.6 Å². The van der Waals surface area contributed by atoms with Gasteiger partial charge in [0.25, 0.3) is 0 Å². The lowest BCUT2D eigenvalue weighted by Gasteiger charge is -2.25. The van der Waals surface area contributed by atoms with Crippen molar-refractivity contribution in [1.29, 1.82) is 0 Å². The van der Waals surface area contributed by atoms with Crippen LogP contribution in [0.15, 0.2) is 18.7 Å². The highest BCUT2D eigenvalue weighted by atomic mass is 16.5. The van der Waals surface area contributed by atoms with Crippen LogP contribution in [0.25, 0.3) is 0 Å². The predicted molar refractivity (Wildman–Crippen MR) is 62.7 cm³/mol. The zero-order chi connectivity index (χ0) is 11.6. The number of nitrogens with one attached hydrogen (secondary N) is 1. The Balaban J connectivity index is 1.60. The van der Waals surface area contributed by atoms with Crippen LogP contribution in [0.4, 0.5) is 0 Å². The normalized spacial score (nSPS) is 34.0. The molecule has 0 aliphatic carbocycles. The van der Waals surface area contributed by atoms with Crippen LogP contribution in [0.5, 0.6) is 0 Å². The molecule has 94 valence electrons. The molecule has 0 unspecified atom stereocenters. The van der Waals surface area contributed by atoms with Crippen LogP contribution in [0.2, 0.25) is 0 Å². The molecule has 0 radical (unpaired) electrons. The Hall–Kier alpha value is -0.910. The largest absolute Gasteiger partial charge is 0.377 e. The molecule has 1 aromatic heterocycles. The van der Waals surface area contributed by atoms with E-state index in [9.17, 15) is 0 Å². The van der Waals surface area contributed by atoms with Gasteiger partial charge in [-0.05, 0) is 6.42 Å². The van der Waals surface area contributed by atoms with E-state index >= 15 is 0 Å². The minimum absolute atomic E-state index is 0.0955. The number of nitrogens with zero attached hydrogens (tertiary/aromatic N) is 2. The maximum atomic E-state index is 6.00. The lowest BCUT2D eigenvalue weighted by molar-refractivity contribution is -0.0472. The summed E-state index contributed by atoms with van der Waals surface area (Å²) >= 11 is 0. The van der Waals surface area contributed by atoms with Gasteiger partial charge < -0.3 is 19.4 Å². The summed E-state index contributed by atoms with van der Waals surface area (Å²) in [5, 5.41) is 3.39. The van der Waals surface area contributed by atoms with Crippen LogP contribution in [0, 0.1) is 5.92 Å². The predicted octanol–water partition coefficient (Wildman–Crippen LogP) is 0.278. The van der Waals surface area contributed by atoms with Crippen LogP contribution in [-0.2, 0) is 16.0 Å². The van der Waals surface area contributed by atoms with Crippen molar-refractivity contribution in [1.82, 2.24) is 14.9 Å². The Morgan fingerprint density at radius 1 is 1.53 bits per heavy atom. The Morgan fingerprint density at radius 3 is 3.41 bits per heavy atom. The molecule has 3 heterocycles. The fourth-order valence-corrected chi connectivity index (χ4v) is 2.74. The maximum Gasteiger partial charge on any atom is 0.104 e. The van der Waals surface area contributed by atoms with Gasteiger partial charge in [-0.2, -0.15) is 0 Å². The summed E-state index contributed by atoms with van der Waals surface area (Å²) in [5.41, 5.74) is -0.0955. The van der Waals surface area contributed by atoms with Crippen molar-refractivity contribution in [2.24, 2.45) is 5.92 Å². The first kappa shape index (κ1) is 11.2. The van der Waals surface area contributed by atoms with Crippen molar-refractivity contribution in [3.63, 3.8) is 0 Å². The first-order chi connectivity index (χ1) is 8.36. The van der Waals surface area contributed by atoms with E-state index in [4.69, 9.17) is 9.47 Å². The molecular weight excluding hydrogens is 218 g/mol. The van der Waals surface area contributed by atoms with Crippen molar-refractivity contribution in [3.8, 4) is 0 Å². The molecule has 1 spiro atoms. The van der Waals surface area contributed by atoms with Gasteiger partial charge in [-0.1, -0.05) is 0 Å². The highest BCUT2D eigenvalue weighted by Gasteiger charge is 2.41. The lowest BCUT2D eigenvalue weighted by atomic mass is 9.94. The molecule has 5 heteroatoms. The van der Waals surface area contributed by atoms with Crippen LogP contribution in [-0.4, -0.2) is 48.1 Å². The second kappa shape index (κ2) is 4.76. The molecule has 17 heavy (non-hydrogen) atoms. The number of hydrogen-bond donors (Lipinski definition) is 1. The summed E-state index contributed by atoms with van der Waals surface area (Å²) in [7, 11) is 0. The van der Waals surface area contributed by atoms with Crippen LogP contribution >= 0.6 is 0 Å². The van der Waals surface area contributed by atoms with Crippen molar-refractivity contribution in [3.05, 3.63) is 18.7 Å². The quantitative estimate of drug-likeness (QED) is 0.802. The highest BCUT2D eigenvalue weighted by Crippen LogP contribution is 2.31. The van der Waals surface area contributed by atoms with E-state index in [-0.39, 0.29) is 5.60 Å². The van der Waals surface area contributed by atoms with E-state index in [1.54, 1.807) is 0 Å². The molecule has 0 bridgehead atoms. The first-order valence-corrected chi connectivity index (χ1v) is 6.25. The zero-order valence-corrected chi connectivity index (χ0v) is 9.97. The van der Waals surface area contributed by atoms with Gasteiger partial charge in [0.15, 0.2) is 0 Å². The van der Waals surface area contributed by atoms with E-state index in [0.717, 1.165) is 45.9 Å². The number of imidazole rings is 1. The van der Waals surface area contributed by atoms with Crippen LogP contribution in [0.1, 0.15) is 6.42 Å². The second-order valence-electron chi connectivity index (χ2n) is 5.05. The molecule has 1 N–H and O–H groups in total. The third-order valence-electron chi connectivity index (χ3n) is 3.55. The number of aromatic nitrogens is 2. The standard InChI is InChI=1S/C12H19N3O2/c1-3-15(10-14-1)6-11-5-12(17-7-11)8-13-2-4-16-9-12/h1,3,10-11,13H,2,4-9H2/t11-,12+/m0/s1. The van der Waals surface area contributed by atoms with Gasteiger partial charge in [0.2, 0.25) is 0 Å². The molecule has 5 nitrogen and oxygen atoms in total. The third-order valence-corrected chi connectivity index (χ3v) is 3.55. The summed E-state index contributed by atoms with van der Waals surface area (Å²) in [5.74, 6) is 0.563. The van der Waals surface area contributed by atoms with E-state index in [0.29, 0.717) is 5.92 Å². The minimum Gasteiger partial charge on any atom is -0.377 e. The summed E-state index contributed by atoms with van der Waals surface area (Å²) in [6.07, 6.45) is 6.76. The van der Waals surface area contributed by atoms with Crippen LogP contribution in [0.3, 0.4) is 0 Å². The zero-order valence-electron chi connectivity index (χ0n) is 9.97. The molecule has 0 aromatic carbocycles. The van der Waals surface area contributed by atoms with E-state index in [1.165, 1.54) is 0 Å². The van der Waals surface area contributed by atoms with Crippen molar-refractivity contribution < 1.29 is 9.47 Å².